The Morgan fingerprint density at radius 3 is 2.24 bits per heavy atom. The van der Waals surface area contributed by atoms with E-state index in [2.05, 4.69) is 58.7 Å². The zero-order valence-electron chi connectivity index (χ0n) is 15.4. The number of rotatable bonds is 5. The van der Waals surface area contributed by atoms with Crippen LogP contribution >= 0.6 is 0 Å². The van der Waals surface area contributed by atoms with Gasteiger partial charge < -0.3 is 15.3 Å². The summed E-state index contributed by atoms with van der Waals surface area (Å²) in [4.78, 5) is 2.53. The van der Waals surface area contributed by atoms with E-state index in [1.165, 1.54) is 6.42 Å². The molecule has 0 amide bonds. The molecular weight excluding hydrogens is 260 g/mol. The predicted octanol–water partition coefficient (Wildman–Crippen LogP) is 3.13. The van der Waals surface area contributed by atoms with Gasteiger partial charge >= 0.3 is 0 Å². The third kappa shape index (κ3) is 7.12. The van der Waals surface area contributed by atoms with Crippen molar-refractivity contribution in [2.75, 3.05) is 26.2 Å². The SMILES string of the molecule is CCN1CC(CC(O)C(C)(C)C)CC(NCC(C)(C)C)C1. The van der Waals surface area contributed by atoms with Gasteiger partial charge in [0.05, 0.1) is 6.10 Å². The van der Waals surface area contributed by atoms with Crippen molar-refractivity contribution in [1.29, 1.82) is 0 Å². The Labute approximate surface area is 132 Å². The fourth-order valence-electron chi connectivity index (χ4n) is 3.00. The lowest BCUT2D eigenvalue weighted by molar-refractivity contribution is 0.0223. The molecule has 0 radical (unpaired) electrons. The molecule has 3 atom stereocenters. The molecule has 0 saturated carbocycles. The summed E-state index contributed by atoms with van der Waals surface area (Å²) in [5.41, 5.74) is 0.317. The topological polar surface area (TPSA) is 35.5 Å². The quantitative estimate of drug-likeness (QED) is 0.818. The highest BCUT2D eigenvalue weighted by Gasteiger charge is 2.31. The molecule has 0 aliphatic carbocycles. The Morgan fingerprint density at radius 1 is 1.14 bits per heavy atom. The van der Waals surface area contributed by atoms with Crippen LogP contribution in [0.4, 0.5) is 0 Å². The molecule has 0 bridgehead atoms. The summed E-state index contributed by atoms with van der Waals surface area (Å²) >= 11 is 0. The Morgan fingerprint density at radius 2 is 1.76 bits per heavy atom. The number of hydrogen-bond donors (Lipinski definition) is 2. The Kier molecular flexibility index (Phi) is 6.70. The smallest absolute Gasteiger partial charge is 0.0591 e. The Hall–Kier alpha value is -0.120. The second-order valence-electron chi connectivity index (χ2n) is 9.21. The molecule has 0 aromatic heterocycles. The zero-order valence-corrected chi connectivity index (χ0v) is 15.4. The summed E-state index contributed by atoms with van der Waals surface area (Å²) in [6, 6.07) is 0.565. The van der Waals surface area contributed by atoms with Crippen LogP contribution in [0.25, 0.3) is 0 Å². The first-order valence-electron chi connectivity index (χ1n) is 8.65. The molecule has 3 unspecified atom stereocenters. The minimum Gasteiger partial charge on any atom is -0.393 e. The van der Waals surface area contributed by atoms with Gasteiger partial charge in [-0.15, -0.1) is 0 Å². The maximum absolute atomic E-state index is 10.4. The van der Waals surface area contributed by atoms with Gasteiger partial charge in [0.15, 0.2) is 0 Å². The number of hydrogen-bond acceptors (Lipinski definition) is 3. The van der Waals surface area contributed by atoms with Crippen LogP contribution in [0.15, 0.2) is 0 Å². The molecule has 21 heavy (non-hydrogen) atoms. The molecule has 1 heterocycles. The first-order valence-corrected chi connectivity index (χ1v) is 8.65. The number of likely N-dealkylation sites (N-methyl/N-ethyl adjacent to an activating group) is 1. The molecule has 3 heteroatoms. The molecule has 3 nitrogen and oxygen atoms in total. The Balaban J connectivity index is 2.56. The van der Waals surface area contributed by atoms with Crippen LogP contribution in [0, 0.1) is 16.7 Å². The van der Waals surface area contributed by atoms with Gasteiger partial charge in [0, 0.05) is 25.7 Å². The average molecular weight is 299 g/mol. The molecule has 1 aliphatic heterocycles. The maximum Gasteiger partial charge on any atom is 0.0591 e. The number of aliphatic hydroxyl groups excluding tert-OH is 1. The molecule has 1 aliphatic rings. The first kappa shape index (κ1) is 18.9. The number of likely N-dealkylation sites (tertiary alicyclic amines) is 1. The second-order valence-corrected chi connectivity index (χ2v) is 9.21. The highest BCUT2D eigenvalue weighted by atomic mass is 16.3. The van der Waals surface area contributed by atoms with Crippen LogP contribution in [0.2, 0.25) is 0 Å². The minimum absolute atomic E-state index is 0.0111. The maximum atomic E-state index is 10.4. The lowest BCUT2D eigenvalue weighted by Crippen LogP contribution is -2.51. The van der Waals surface area contributed by atoms with Crippen LogP contribution < -0.4 is 5.32 Å². The standard InChI is InChI=1S/C18H38N2O/c1-8-20-11-14(10-16(21)18(5,6)7)9-15(12-20)19-13-17(2,3)4/h14-16,19,21H,8-13H2,1-7H3. The number of aliphatic hydroxyl groups is 1. The first-order chi connectivity index (χ1) is 9.51. The molecule has 1 fully saturated rings. The fourth-order valence-corrected chi connectivity index (χ4v) is 3.00. The van der Waals surface area contributed by atoms with Crippen LogP contribution in [0.5, 0.6) is 0 Å². The zero-order chi connectivity index (χ0) is 16.3. The van der Waals surface area contributed by atoms with Crippen molar-refractivity contribution in [1.82, 2.24) is 10.2 Å². The second kappa shape index (κ2) is 7.43. The van der Waals surface area contributed by atoms with Gasteiger partial charge in [0.25, 0.3) is 0 Å². The molecule has 1 rings (SSSR count). The highest BCUT2D eigenvalue weighted by Crippen LogP contribution is 2.29. The minimum atomic E-state index is -0.206. The highest BCUT2D eigenvalue weighted by molar-refractivity contribution is 4.87. The van der Waals surface area contributed by atoms with E-state index in [4.69, 9.17) is 0 Å². The van der Waals surface area contributed by atoms with E-state index < -0.39 is 0 Å². The predicted molar refractivity (Wildman–Crippen MR) is 91.5 cm³/mol. The molecule has 0 aromatic rings. The van der Waals surface area contributed by atoms with Crippen molar-refractivity contribution in [2.45, 2.75) is 73.5 Å². The van der Waals surface area contributed by atoms with E-state index >= 15 is 0 Å². The summed E-state index contributed by atoms with van der Waals surface area (Å²) in [6.45, 7) is 19.9. The molecule has 0 spiro atoms. The van der Waals surface area contributed by atoms with Crippen LogP contribution in [-0.4, -0.2) is 48.3 Å². The van der Waals surface area contributed by atoms with E-state index in [0.29, 0.717) is 17.4 Å². The van der Waals surface area contributed by atoms with Gasteiger partial charge in [-0.2, -0.15) is 0 Å². The van der Waals surface area contributed by atoms with Crippen molar-refractivity contribution in [3.63, 3.8) is 0 Å². The van der Waals surface area contributed by atoms with Crippen molar-refractivity contribution in [3.8, 4) is 0 Å². The van der Waals surface area contributed by atoms with Gasteiger partial charge in [0.1, 0.15) is 0 Å². The summed E-state index contributed by atoms with van der Waals surface area (Å²) in [7, 11) is 0. The largest absolute Gasteiger partial charge is 0.393 e. The summed E-state index contributed by atoms with van der Waals surface area (Å²) in [5.74, 6) is 0.602. The van der Waals surface area contributed by atoms with Crippen LogP contribution in [0.1, 0.15) is 61.3 Å². The third-order valence-electron chi connectivity index (χ3n) is 4.54. The fraction of sp³-hybridized carbons (Fsp3) is 1.00. The van der Waals surface area contributed by atoms with Gasteiger partial charge in [-0.3, -0.25) is 0 Å². The van der Waals surface area contributed by atoms with E-state index in [9.17, 15) is 5.11 Å². The number of piperidine rings is 1. The molecule has 1 saturated heterocycles. The summed E-state index contributed by atoms with van der Waals surface area (Å²) < 4.78 is 0. The molecular formula is C18H38N2O. The summed E-state index contributed by atoms with van der Waals surface area (Å²) in [5, 5.41) is 14.1. The number of nitrogens with one attached hydrogen (secondary N) is 1. The summed E-state index contributed by atoms with van der Waals surface area (Å²) in [6.07, 6.45) is 1.91. The van der Waals surface area contributed by atoms with Crippen LogP contribution in [-0.2, 0) is 0 Å². The van der Waals surface area contributed by atoms with Gasteiger partial charge in [-0.05, 0) is 36.1 Å². The van der Waals surface area contributed by atoms with E-state index in [1.807, 2.05) is 0 Å². The molecule has 2 N–H and O–H groups in total. The lowest BCUT2D eigenvalue weighted by Gasteiger charge is -2.40. The van der Waals surface area contributed by atoms with Crippen molar-refractivity contribution in [2.24, 2.45) is 16.7 Å². The normalized spacial score (nSPS) is 26.9. The van der Waals surface area contributed by atoms with E-state index in [0.717, 1.165) is 32.6 Å². The Bertz CT molecular complexity index is 303. The van der Waals surface area contributed by atoms with Gasteiger partial charge in [-0.25, -0.2) is 0 Å². The number of nitrogens with zero attached hydrogens (tertiary/aromatic N) is 1. The van der Waals surface area contributed by atoms with Crippen molar-refractivity contribution < 1.29 is 5.11 Å². The van der Waals surface area contributed by atoms with E-state index in [1.54, 1.807) is 0 Å². The van der Waals surface area contributed by atoms with Gasteiger partial charge in [-0.1, -0.05) is 48.5 Å². The van der Waals surface area contributed by atoms with Crippen molar-refractivity contribution >= 4 is 0 Å². The van der Waals surface area contributed by atoms with Gasteiger partial charge in [0.2, 0.25) is 0 Å². The average Bonchev–Trinajstić information content (AvgIpc) is 2.34. The van der Waals surface area contributed by atoms with E-state index in [-0.39, 0.29) is 11.5 Å². The van der Waals surface area contributed by atoms with Crippen LogP contribution in [0.3, 0.4) is 0 Å². The molecule has 126 valence electrons. The van der Waals surface area contributed by atoms with Crippen molar-refractivity contribution in [3.05, 3.63) is 0 Å². The monoisotopic (exact) mass is 298 g/mol. The lowest BCUT2D eigenvalue weighted by atomic mass is 9.80. The third-order valence-corrected chi connectivity index (χ3v) is 4.54. The molecule has 0 aromatic carbocycles.